The fourth-order valence-electron chi connectivity index (χ4n) is 2.87. The molecule has 1 aliphatic heterocycles. The molecule has 0 aromatic heterocycles. The molecule has 0 aliphatic carbocycles. The first-order valence-corrected chi connectivity index (χ1v) is 8.49. The number of carbonyl (C=O) groups excluding carboxylic acids is 1. The largest absolute Gasteiger partial charge is 0.384 e. The second kappa shape index (κ2) is 7.70. The summed E-state index contributed by atoms with van der Waals surface area (Å²) in [7, 11) is 0. The topological polar surface area (TPSA) is 129 Å². The summed E-state index contributed by atoms with van der Waals surface area (Å²) in [5.41, 5.74) is 15.9. The number of amides is 1. The number of nitrogens with two attached hydrogens (primary N) is 2. The molecule has 1 aliphatic rings. The van der Waals surface area contributed by atoms with Gasteiger partial charge in [-0.3, -0.25) is 15.6 Å². The van der Waals surface area contributed by atoms with Crippen LogP contribution in [0, 0.1) is 10.8 Å². The Balaban J connectivity index is 1.79. The lowest BCUT2D eigenvalue weighted by molar-refractivity contribution is -0.117. The van der Waals surface area contributed by atoms with Crippen LogP contribution in [0.15, 0.2) is 59.7 Å². The molecule has 0 radical (unpaired) electrons. The van der Waals surface area contributed by atoms with Gasteiger partial charge in [0.25, 0.3) is 0 Å². The van der Waals surface area contributed by atoms with E-state index in [-0.39, 0.29) is 17.6 Å². The number of benzene rings is 2. The van der Waals surface area contributed by atoms with Gasteiger partial charge in [0, 0.05) is 29.7 Å². The van der Waals surface area contributed by atoms with Gasteiger partial charge in [0.15, 0.2) is 0 Å². The Hall–Kier alpha value is -3.67. The van der Waals surface area contributed by atoms with Crippen molar-refractivity contribution in [3.8, 4) is 0 Å². The maximum Gasteiger partial charge on any atom is 0.247 e. The summed E-state index contributed by atoms with van der Waals surface area (Å²) in [5, 5.41) is 17.8. The Morgan fingerprint density at radius 3 is 1.81 bits per heavy atom. The summed E-state index contributed by atoms with van der Waals surface area (Å²) >= 11 is 0. The molecular weight excluding hydrogens is 338 g/mol. The summed E-state index contributed by atoms with van der Waals surface area (Å²) in [6.07, 6.45) is 4.45. The summed E-state index contributed by atoms with van der Waals surface area (Å²) in [6.45, 7) is 0.508. The molecule has 6 nitrogen and oxygen atoms in total. The van der Waals surface area contributed by atoms with Crippen molar-refractivity contribution >= 4 is 29.7 Å². The minimum atomic E-state index is -0.0743. The standard InChI is InChI=1S/C21H21N5O/c22-19(23)16-5-1-13(2-6-16)9-15-11-18(21(27)26-12-15)10-14-3-7-17(8-4-14)20(24)25/h1-10H,11-12H2,(H3,22,23)(H3,24,25)(H,26,27). The van der Waals surface area contributed by atoms with Crippen molar-refractivity contribution in [2.24, 2.45) is 11.5 Å². The molecule has 1 saturated heterocycles. The second-order valence-corrected chi connectivity index (χ2v) is 6.40. The zero-order valence-electron chi connectivity index (χ0n) is 14.8. The third kappa shape index (κ3) is 4.49. The third-order valence-electron chi connectivity index (χ3n) is 4.34. The van der Waals surface area contributed by atoms with Crippen molar-refractivity contribution in [1.29, 1.82) is 10.8 Å². The molecule has 7 N–H and O–H groups in total. The van der Waals surface area contributed by atoms with Gasteiger partial charge in [-0.2, -0.15) is 0 Å². The molecule has 0 spiro atoms. The van der Waals surface area contributed by atoms with Gasteiger partial charge < -0.3 is 16.8 Å². The zero-order chi connectivity index (χ0) is 19.4. The molecule has 6 heteroatoms. The highest BCUT2D eigenvalue weighted by Crippen LogP contribution is 2.21. The van der Waals surface area contributed by atoms with E-state index in [0.29, 0.717) is 29.7 Å². The highest BCUT2D eigenvalue weighted by molar-refractivity contribution is 6.00. The normalized spacial score (nSPS) is 17.0. The van der Waals surface area contributed by atoms with Crippen LogP contribution in [-0.2, 0) is 4.79 Å². The van der Waals surface area contributed by atoms with Crippen LogP contribution in [0.4, 0.5) is 0 Å². The minimum absolute atomic E-state index is 0.0191. The molecule has 1 amide bonds. The Kier molecular flexibility index (Phi) is 5.17. The van der Waals surface area contributed by atoms with Crippen LogP contribution in [-0.4, -0.2) is 24.1 Å². The second-order valence-electron chi connectivity index (χ2n) is 6.40. The SMILES string of the molecule is N=C(N)c1ccc(C=C2CNC(=O)C(=Cc3ccc(C(=N)N)cc3)C2)cc1. The van der Waals surface area contributed by atoms with Crippen LogP contribution in [0.25, 0.3) is 12.2 Å². The molecule has 2 aromatic rings. The zero-order valence-corrected chi connectivity index (χ0v) is 14.8. The number of amidine groups is 2. The number of nitrogens with one attached hydrogen (secondary N) is 3. The molecule has 27 heavy (non-hydrogen) atoms. The molecule has 3 rings (SSSR count). The number of rotatable bonds is 4. The summed E-state index contributed by atoms with van der Waals surface area (Å²) in [4.78, 5) is 12.2. The molecule has 1 fully saturated rings. The van der Waals surface area contributed by atoms with Crippen molar-refractivity contribution in [3.05, 3.63) is 81.9 Å². The fraction of sp³-hybridized carbons (Fsp3) is 0.0952. The Morgan fingerprint density at radius 1 is 0.852 bits per heavy atom. The Morgan fingerprint density at radius 2 is 1.33 bits per heavy atom. The van der Waals surface area contributed by atoms with Crippen LogP contribution in [0.2, 0.25) is 0 Å². The smallest absolute Gasteiger partial charge is 0.247 e. The number of hydrogen-bond acceptors (Lipinski definition) is 3. The molecule has 0 unspecified atom stereocenters. The van der Waals surface area contributed by atoms with Gasteiger partial charge in [-0.05, 0) is 22.8 Å². The van der Waals surface area contributed by atoms with E-state index in [1.807, 2.05) is 48.6 Å². The molecular formula is C21H21N5O. The highest BCUT2D eigenvalue weighted by Gasteiger charge is 2.18. The van der Waals surface area contributed by atoms with E-state index in [0.717, 1.165) is 16.7 Å². The number of carbonyl (C=O) groups is 1. The van der Waals surface area contributed by atoms with E-state index in [2.05, 4.69) is 5.32 Å². The van der Waals surface area contributed by atoms with Crippen LogP contribution in [0.3, 0.4) is 0 Å². The number of hydrogen-bond donors (Lipinski definition) is 5. The van der Waals surface area contributed by atoms with E-state index in [1.54, 1.807) is 12.1 Å². The molecule has 0 saturated carbocycles. The van der Waals surface area contributed by atoms with Gasteiger partial charge in [0.05, 0.1) is 0 Å². The van der Waals surface area contributed by atoms with E-state index in [4.69, 9.17) is 22.3 Å². The van der Waals surface area contributed by atoms with E-state index in [9.17, 15) is 4.79 Å². The van der Waals surface area contributed by atoms with Crippen molar-refractivity contribution in [2.45, 2.75) is 6.42 Å². The highest BCUT2D eigenvalue weighted by atomic mass is 16.1. The first-order valence-electron chi connectivity index (χ1n) is 8.49. The maximum atomic E-state index is 12.2. The van der Waals surface area contributed by atoms with Crippen molar-refractivity contribution in [2.75, 3.05) is 6.54 Å². The maximum absolute atomic E-state index is 12.2. The number of piperidine rings is 1. The Bertz CT molecular complexity index is 953. The Labute approximate surface area is 157 Å². The van der Waals surface area contributed by atoms with Gasteiger partial charge in [0.2, 0.25) is 5.91 Å². The minimum Gasteiger partial charge on any atom is -0.384 e. The fourth-order valence-corrected chi connectivity index (χ4v) is 2.87. The number of nitrogen functional groups attached to an aromatic ring is 2. The molecule has 0 atom stereocenters. The van der Waals surface area contributed by atoms with Crippen LogP contribution < -0.4 is 16.8 Å². The van der Waals surface area contributed by atoms with Crippen LogP contribution >= 0.6 is 0 Å². The molecule has 2 aromatic carbocycles. The average molecular weight is 359 g/mol. The predicted octanol–water partition coefficient (Wildman–Crippen LogP) is 2.24. The lowest BCUT2D eigenvalue weighted by atomic mass is 9.96. The van der Waals surface area contributed by atoms with Crippen LogP contribution in [0.1, 0.15) is 28.7 Å². The lowest BCUT2D eigenvalue weighted by Gasteiger charge is -2.19. The summed E-state index contributed by atoms with van der Waals surface area (Å²) in [6, 6.07) is 14.7. The van der Waals surface area contributed by atoms with Crippen molar-refractivity contribution < 1.29 is 4.79 Å². The summed E-state index contributed by atoms with van der Waals surface area (Å²) in [5.74, 6) is -0.0134. The van der Waals surface area contributed by atoms with E-state index < -0.39 is 0 Å². The van der Waals surface area contributed by atoms with Gasteiger partial charge in [-0.25, -0.2) is 0 Å². The third-order valence-corrected chi connectivity index (χ3v) is 4.34. The average Bonchev–Trinajstić information content (AvgIpc) is 2.65. The first-order chi connectivity index (χ1) is 12.9. The van der Waals surface area contributed by atoms with Crippen molar-refractivity contribution in [1.82, 2.24) is 5.32 Å². The van der Waals surface area contributed by atoms with Gasteiger partial charge in [-0.1, -0.05) is 54.6 Å². The van der Waals surface area contributed by atoms with E-state index in [1.165, 1.54) is 0 Å². The van der Waals surface area contributed by atoms with Gasteiger partial charge >= 0.3 is 0 Å². The molecule has 136 valence electrons. The van der Waals surface area contributed by atoms with Gasteiger partial charge in [-0.15, -0.1) is 0 Å². The first kappa shape index (κ1) is 18.1. The van der Waals surface area contributed by atoms with Crippen LogP contribution in [0.5, 0.6) is 0 Å². The predicted molar refractivity (Wildman–Crippen MR) is 108 cm³/mol. The molecule has 1 heterocycles. The van der Waals surface area contributed by atoms with Gasteiger partial charge in [0.1, 0.15) is 11.7 Å². The van der Waals surface area contributed by atoms with Crippen molar-refractivity contribution in [3.63, 3.8) is 0 Å². The molecule has 0 bridgehead atoms. The lowest BCUT2D eigenvalue weighted by Crippen LogP contribution is -2.32. The summed E-state index contributed by atoms with van der Waals surface area (Å²) < 4.78 is 0. The monoisotopic (exact) mass is 359 g/mol. The van der Waals surface area contributed by atoms with E-state index >= 15 is 0 Å². The quantitative estimate of drug-likeness (QED) is 0.326.